The molecule has 6 heteroatoms. The molecule has 0 radical (unpaired) electrons. The number of nitrogens with one attached hydrogen (secondary N) is 1. The molecule has 1 N–H and O–H groups in total. The van der Waals surface area contributed by atoms with Crippen molar-refractivity contribution in [3.63, 3.8) is 0 Å². The van der Waals surface area contributed by atoms with Crippen molar-refractivity contribution in [1.82, 2.24) is 14.9 Å². The van der Waals surface area contributed by atoms with Crippen molar-refractivity contribution >= 4 is 33.4 Å². The van der Waals surface area contributed by atoms with Gasteiger partial charge in [0.2, 0.25) is 0 Å². The average Bonchev–Trinajstić information content (AvgIpc) is 2.61. The van der Waals surface area contributed by atoms with E-state index in [-0.39, 0.29) is 11.3 Å². The molecule has 1 rings (SSSR count). The second kappa shape index (κ2) is 5.05. The zero-order valence-corrected chi connectivity index (χ0v) is 11.9. The minimum absolute atomic E-state index is 0.152. The summed E-state index contributed by atoms with van der Waals surface area (Å²) in [5.74, 6) is -0.152. The van der Waals surface area contributed by atoms with Crippen LogP contribution in [0, 0.1) is 0 Å². The Balaban J connectivity index is 2.84. The van der Waals surface area contributed by atoms with Crippen LogP contribution < -0.4 is 5.32 Å². The van der Waals surface area contributed by atoms with Gasteiger partial charge in [0.25, 0.3) is 5.91 Å². The van der Waals surface area contributed by atoms with Crippen molar-refractivity contribution in [3.05, 3.63) is 21.6 Å². The van der Waals surface area contributed by atoms with Gasteiger partial charge >= 0.3 is 0 Å². The first-order chi connectivity index (χ1) is 7.32. The Bertz CT molecular complexity index is 408. The quantitative estimate of drug-likeness (QED) is 0.933. The van der Waals surface area contributed by atoms with Crippen LogP contribution in [-0.4, -0.2) is 22.0 Å². The molecule has 0 fully saturated rings. The van der Waals surface area contributed by atoms with Crippen LogP contribution in [0.1, 0.15) is 36.1 Å². The molecule has 4 nitrogen and oxygen atoms in total. The van der Waals surface area contributed by atoms with Crippen LogP contribution in [0.25, 0.3) is 0 Å². The highest BCUT2D eigenvalue weighted by Crippen LogP contribution is 2.25. The molecule has 0 saturated carbocycles. The van der Waals surface area contributed by atoms with Gasteiger partial charge in [0.1, 0.15) is 4.88 Å². The lowest BCUT2D eigenvalue weighted by atomic mass is 9.91. The summed E-state index contributed by atoms with van der Waals surface area (Å²) in [6.45, 7) is 10.1. The van der Waals surface area contributed by atoms with Crippen LogP contribution in [-0.2, 0) is 5.41 Å². The highest BCUT2D eigenvalue weighted by molar-refractivity contribution is 9.11. The zero-order valence-electron chi connectivity index (χ0n) is 9.50. The molecule has 1 aromatic heterocycles. The predicted octanol–water partition coefficient (Wildman–Crippen LogP) is 2.47. The van der Waals surface area contributed by atoms with Gasteiger partial charge in [-0.3, -0.25) is 4.79 Å². The molecule has 88 valence electrons. The summed E-state index contributed by atoms with van der Waals surface area (Å²) >= 11 is 4.31. The van der Waals surface area contributed by atoms with Gasteiger partial charge in [0, 0.05) is 16.4 Å². The first kappa shape index (κ1) is 13.3. The van der Waals surface area contributed by atoms with E-state index in [1.54, 1.807) is 0 Å². The summed E-state index contributed by atoms with van der Waals surface area (Å²) in [5.41, 5.74) is 0.556. The van der Waals surface area contributed by atoms with Crippen molar-refractivity contribution in [2.24, 2.45) is 0 Å². The molecule has 0 bridgehead atoms. The van der Waals surface area contributed by atoms with Crippen LogP contribution in [0.4, 0.5) is 0 Å². The van der Waals surface area contributed by atoms with E-state index in [1.165, 1.54) is 0 Å². The van der Waals surface area contributed by atoms with Gasteiger partial charge in [0.05, 0.1) is 5.69 Å². The van der Waals surface area contributed by atoms with Crippen LogP contribution in [0.5, 0.6) is 0 Å². The van der Waals surface area contributed by atoms with Crippen molar-refractivity contribution in [2.45, 2.75) is 26.2 Å². The average molecular weight is 304 g/mol. The van der Waals surface area contributed by atoms with Gasteiger partial charge < -0.3 is 5.32 Å². The molecular weight excluding hydrogens is 290 g/mol. The topological polar surface area (TPSA) is 54.9 Å². The highest BCUT2D eigenvalue weighted by atomic mass is 79.9. The summed E-state index contributed by atoms with van der Waals surface area (Å²) in [4.78, 5) is 12.4. The maximum atomic E-state index is 11.8. The molecular formula is C10H14BrN3OS. The maximum Gasteiger partial charge on any atom is 0.265 e. The third-order valence-corrected chi connectivity index (χ3v) is 2.85. The summed E-state index contributed by atoms with van der Waals surface area (Å²) in [6.07, 6.45) is 0. The van der Waals surface area contributed by atoms with Crippen molar-refractivity contribution in [3.8, 4) is 0 Å². The molecule has 0 aromatic carbocycles. The van der Waals surface area contributed by atoms with E-state index in [1.807, 2.05) is 20.8 Å². The molecule has 0 aliphatic rings. The molecule has 16 heavy (non-hydrogen) atoms. The molecule has 0 aliphatic heterocycles. The van der Waals surface area contributed by atoms with E-state index >= 15 is 0 Å². The number of hydrogen-bond acceptors (Lipinski definition) is 4. The predicted molar refractivity (Wildman–Crippen MR) is 69.0 cm³/mol. The first-order valence-electron chi connectivity index (χ1n) is 4.76. The minimum atomic E-state index is -0.176. The molecule has 0 spiro atoms. The number of amides is 1. The minimum Gasteiger partial charge on any atom is -0.347 e. The lowest BCUT2D eigenvalue weighted by molar-refractivity contribution is 0.0959. The van der Waals surface area contributed by atoms with Crippen LogP contribution in [0.3, 0.4) is 0 Å². The van der Waals surface area contributed by atoms with E-state index in [2.05, 4.69) is 37.4 Å². The van der Waals surface area contributed by atoms with Gasteiger partial charge in [-0.05, 0) is 11.5 Å². The zero-order chi connectivity index (χ0) is 12.3. The lowest BCUT2D eigenvalue weighted by Crippen LogP contribution is -2.27. The van der Waals surface area contributed by atoms with Crippen LogP contribution in [0.15, 0.2) is 11.1 Å². The SMILES string of the molecule is C=C(Br)CNC(=O)c1snnc1C(C)(C)C. The van der Waals surface area contributed by atoms with E-state index in [0.29, 0.717) is 11.4 Å². The normalized spacial score (nSPS) is 11.2. The number of hydrogen-bond donors (Lipinski definition) is 1. The Hall–Kier alpha value is -0.750. The van der Waals surface area contributed by atoms with Crippen LogP contribution >= 0.6 is 27.5 Å². The number of nitrogens with zero attached hydrogens (tertiary/aromatic N) is 2. The fourth-order valence-corrected chi connectivity index (χ4v) is 2.02. The Morgan fingerprint density at radius 1 is 1.56 bits per heavy atom. The Labute approximate surface area is 107 Å². The maximum absolute atomic E-state index is 11.8. The Morgan fingerprint density at radius 3 is 2.69 bits per heavy atom. The van der Waals surface area contributed by atoms with Gasteiger partial charge in [-0.25, -0.2) is 0 Å². The van der Waals surface area contributed by atoms with Gasteiger partial charge in [-0.15, -0.1) is 5.10 Å². The standard InChI is InChI=1S/C10H14BrN3OS/c1-6(11)5-12-9(15)7-8(10(2,3)4)13-14-16-7/h1,5H2,2-4H3,(H,12,15). The lowest BCUT2D eigenvalue weighted by Gasteiger charge is -2.16. The van der Waals surface area contributed by atoms with Crippen LogP contribution in [0.2, 0.25) is 0 Å². The number of aromatic nitrogens is 2. The van der Waals surface area contributed by atoms with Crippen molar-refractivity contribution in [1.29, 1.82) is 0 Å². The summed E-state index contributed by atoms with van der Waals surface area (Å²) in [5, 5.41) is 6.75. The third-order valence-electron chi connectivity index (χ3n) is 1.85. The van der Waals surface area contributed by atoms with Gasteiger partial charge in [0.15, 0.2) is 0 Å². The van der Waals surface area contributed by atoms with E-state index in [4.69, 9.17) is 0 Å². The molecule has 1 heterocycles. The van der Waals surface area contributed by atoms with E-state index < -0.39 is 0 Å². The summed E-state index contributed by atoms with van der Waals surface area (Å²) in [7, 11) is 0. The van der Waals surface area contributed by atoms with E-state index in [0.717, 1.165) is 21.7 Å². The molecule has 1 amide bonds. The summed E-state index contributed by atoms with van der Waals surface area (Å²) < 4.78 is 4.57. The number of carbonyl (C=O) groups excluding carboxylic acids is 1. The largest absolute Gasteiger partial charge is 0.347 e. The second-order valence-electron chi connectivity index (χ2n) is 4.40. The first-order valence-corrected chi connectivity index (χ1v) is 6.33. The monoisotopic (exact) mass is 303 g/mol. The fraction of sp³-hybridized carbons (Fsp3) is 0.500. The summed E-state index contributed by atoms with van der Waals surface area (Å²) in [6, 6.07) is 0. The highest BCUT2D eigenvalue weighted by Gasteiger charge is 2.25. The molecule has 1 aromatic rings. The number of halogens is 1. The number of rotatable bonds is 3. The van der Waals surface area contributed by atoms with Gasteiger partial charge in [-0.2, -0.15) is 0 Å². The molecule has 0 unspecified atom stereocenters. The Kier molecular flexibility index (Phi) is 4.21. The molecule has 0 saturated heterocycles. The van der Waals surface area contributed by atoms with Crippen molar-refractivity contribution < 1.29 is 4.79 Å². The number of carbonyl (C=O) groups is 1. The smallest absolute Gasteiger partial charge is 0.265 e. The van der Waals surface area contributed by atoms with Crippen molar-refractivity contribution in [2.75, 3.05) is 6.54 Å². The second-order valence-corrected chi connectivity index (χ2v) is 6.28. The molecule has 0 atom stereocenters. The third kappa shape index (κ3) is 3.38. The fourth-order valence-electron chi connectivity index (χ4n) is 1.09. The van der Waals surface area contributed by atoms with E-state index in [9.17, 15) is 4.79 Å². The van der Waals surface area contributed by atoms with Gasteiger partial charge in [-0.1, -0.05) is 47.8 Å². The Morgan fingerprint density at radius 2 is 2.19 bits per heavy atom. The molecule has 0 aliphatic carbocycles.